The topological polar surface area (TPSA) is 46.3 Å². The molecule has 1 amide bonds. The summed E-state index contributed by atoms with van der Waals surface area (Å²) in [6, 6.07) is 14.1. The van der Waals surface area contributed by atoms with Crippen LogP contribution < -0.4 is 5.73 Å². The molecule has 0 aliphatic carbocycles. The van der Waals surface area contributed by atoms with Gasteiger partial charge in [-0.2, -0.15) is 0 Å². The van der Waals surface area contributed by atoms with Gasteiger partial charge in [0.2, 0.25) is 5.91 Å². The lowest BCUT2D eigenvalue weighted by atomic mass is 10.2. The van der Waals surface area contributed by atoms with Crippen LogP contribution in [0, 0.1) is 0 Å². The van der Waals surface area contributed by atoms with Gasteiger partial charge >= 0.3 is 0 Å². The quantitative estimate of drug-likeness (QED) is 0.850. The van der Waals surface area contributed by atoms with Crippen molar-refractivity contribution >= 4 is 29.7 Å². The summed E-state index contributed by atoms with van der Waals surface area (Å²) in [5.41, 5.74) is 6.73. The minimum absolute atomic E-state index is 0. The van der Waals surface area contributed by atoms with E-state index in [-0.39, 0.29) is 18.3 Å². The molecule has 5 heteroatoms. The van der Waals surface area contributed by atoms with Gasteiger partial charge in [0.25, 0.3) is 0 Å². The molecular weight excluding hydrogens is 304 g/mol. The third-order valence-corrected chi connectivity index (χ3v) is 3.98. The Morgan fingerprint density at radius 1 is 1.14 bits per heavy atom. The Morgan fingerprint density at radius 3 is 2.52 bits per heavy atom. The second-order valence-electron chi connectivity index (χ2n) is 4.70. The fourth-order valence-electron chi connectivity index (χ4n) is 2.05. The molecule has 2 aromatic rings. The predicted octanol–water partition coefficient (Wildman–Crippen LogP) is 3.09. The monoisotopic (exact) mass is 324 g/mol. The molecule has 0 unspecified atom stereocenters. The zero-order chi connectivity index (χ0) is 14.2. The van der Waals surface area contributed by atoms with Gasteiger partial charge in [-0.25, -0.2) is 0 Å². The third kappa shape index (κ3) is 5.87. The number of benzene rings is 1. The molecule has 2 rings (SSSR count). The maximum Gasteiger partial charge on any atom is 0.228 e. The number of thiophene rings is 1. The molecule has 0 saturated carbocycles. The number of carbonyl (C=O) groups excluding carboxylic acids is 1. The zero-order valence-electron chi connectivity index (χ0n) is 11.9. The van der Waals surface area contributed by atoms with Gasteiger partial charge in [0.05, 0.1) is 6.42 Å². The van der Waals surface area contributed by atoms with Crippen molar-refractivity contribution in [3.8, 4) is 0 Å². The van der Waals surface area contributed by atoms with E-state index in [0.29, 0.717) is 19.5 Å². The van der Waals surface area contributed by atoms with Gasteiger partial charge in [0, 0.05) is 18.0 Å². The summed E-state index contributed by atoms with van der Waals surface area (Å²) in [7, 11) is 0. The van der Waals surface area contributed by atoms with Crippen molar-refractivity contribution in [3.63, 3.8) is 0 Å². The average Bonchev–Trinajstić information content (AvgIpc) is 2.97. The third-order valence-electron chi connectivity index (χ3n) is 3.11. The number of amides is 1. The Hall–Kier alpha value is -1.36. The predicted molar refractivity (Wildman–Crippen MR) is 90.8 cm³/mol. The molecule has 0 radical (unpaired) electrons. The molecule has 0 atom stereocenters. The first kappa shape index (κ1) is 17.7. The summed E-state index contributed by atoms with van der Waals surface area (Å²) in [4.78, 5) is 15.4. The van der Waals surface area contributed by atoms with Crippen molar-refractivity contribution in [1.82, 2.24) is 4.90 Å². The second kappa shape index (κ2) is 9.55. The van der Waals surface area contributed by atoms with E-state index in [4.69, 9.17) is 5.73 Å². The molecule has 2 N–H and O–H groups in total. The first-order valence-corrected chi connectivity index (χ1v) is 7.71. The van der Waals surface area contributed by atoms with Crippen LogP contribution in [0.1, 0.15) is 16.9 Å². The maximum atomic E-state index is 12.4. The van der Waals surface area contributed by atoms with Crippen LogP contribution in [0.4, 0.5) is 0 Å². The smallest absolute Gasteiger partial charge is 0.228 e. The molecular formula is C16H21ClN2OS. The molecule has 3 nitrogen and oxygen atoms in total. The summed E-state index contributed by atoms with van der Waals surface area (Å²) >= 11 is 1.63. The minimum Gasteiger partial charge on any atom is -0.338 e. The highest BCUT2D eigenvalue weighted by molar-refractivity contribution is 7.10. The summed E-state index contributed by atoms with van der Waals surface area (Å²) in [6.45, 7) is 1.98. The summed E-state index contributed by atoms with van der Waals surface area (Å²) in [6.07, 6.45) is 1.32. The van der Waals surface area contributed by atoms with E-state index < -0.39 is 0 Å². The Kier molecular flexibility index (Phi) is 8.05. The molecule has 0 aliphatic rings. The Morgan fingerprint density at radius 2 is 1.90 bits per heavy atom. The fraction of sp³-hybridized carbons (Fsp3) is 0.312. The van der Waals surface area contributed by atoms with Crippen molar-refractivity contribution in [2.45, 2.75) is 19.4 Å². The Balaban J connectivity index is 0.00000220. The van der Waals surface area contributed by atoms with E-state index in [1.807, 2.05) is 52.7 Å². The maximum absolute atomic E-state index is 12.4. The molecule has 0 spiro atoms. The minimum atomic E-state index is 0. The first-order valence-electron chi connectivity index (χ1n) is 6.83. The highest BCUT2D eigenvalue weighted by atomic mass is 35.5. The van der Waals surface area contributed by atoms with Crippen LogP contribution in [0.3, 0.4) is 0 Å². The zero-order valence-corrected chi connectivity index (χ0v) is 13.5. The number of halogens is 1. The molecule has 0 saturated heterocycles. The summed E-state index contributed by atoms with van der Waals surface area (Å²) in [5.74, 6) is 0.171. The SMILES string of the molecule is Cl.NCCCN(Cc1ccccc1)C(=O)Cc1cccs1. The van der Waals surface area contributed by atoms with Crippen LogP contribution in [0.25, 0.3) is 0 Å². The Labute approximate surface area is 136 Å². The summed E-state index contributed by atoms with van der Waals surface area (Å²) in [5, 5.41) is 2.00. The Bertz CT molecular complexity index is 516. The second-order valence-corrected chi connectivity index (χ2v) is 5.73. The summed E-state index contributed by atoms with van der Waals surface area (Å²) < 4.78 is 0. The molecule has 21 heavy (non-hydrogen) atoms. The van der Waals surface area contributed by atoms with Crippen LogP contribution in [0.15, 0.2) is 47.8 Å². The van der Waals surface area contributed by atoms with Gasteiger partial charge in [0.15, 0.2) is 0 Å². The molecule has 0 bridgehead atoms. The van der Waals surface area contributed by atoms with Crippen LogP contribution >= 0.6 is 23.7 Å². The van der Waals surface area contributed by atoms with Crippen molar-refractivity contribution in [3.05, 3.63) is 58.3 Å². The normalized spacial score (nSPS) is 9.95. The molecule has 0 fully saturated rings. The first-order chi connectivity index (χ1) is 9.79. The number of nitrogens with two attached hydrogens (primary N) is 1. The van der Waals surface area contributed by atoms with Gasteiger partial charge in [0.1, 0.15) is 0 Å². The van der Waals surface area contributed by atoms with Crippen molar-refractivity contribution in [2.75, 3.05) is 13.1 Å². The highest BCUT2D eigenvalue weighted by Gasteiger charge is 2.14. The number of hydrogen-bond donors (Lipinski definition) is 1. The molecule has 1 aromatic heterocycles. The fourth-order valence-corrected chi connectivity index (χ4v) is 2.75. The van der Waals surface area contributed by atoms with Crippen LogP contribution in [0.5, 0.6) is 0 Å². The number of hydrogen-bond acceptors (Lipinski definition) is 3. The van der Waals surface area contributed by atoms with Crippen LogP contribution in [-0.4, -0.2) is 23.9 Å². The lowest BCUT2D eigenvalue weighted by Gasteiger charge is -2.22. The van der Waals surface area contributed by atoms with Gasteiger partial charge < -0.3 is 10.6 Å². The van der Waals surface area contributed by atoms with E-state index in [1.54, 1.807) is 11.3 Å². The number of nitrogens with zero attached hydrogens (tertiary/aromatic N) is 1. The van der Waals surface area contributed by atoms with Crippen LogP contribution in [0.2, 0.25) is 0 Å². The largest absolute Gasteiger partial charge is 0.338 e. The molecule has 1 heterocycles. The van der Waals surface area contributed by atoms with Gasteiger partial charge in [-0.05, 0) is 30.0 Å². The van der Waals surface area contributed by atoms with Crippen molar-refractivity contribution < 1.29 is 4.79 Å². The molecule has 114 valence electrons. The number of carbonyl (C=O) groups is 1. The molecule has 0 aliphatic heterocycles. The number of rotatable bonds is 7. The van der Waals surface area contributed by atoms with E-state index in [2.05, 4.69) is 0 Å². The van der Waals surface area contributed by atoms with E-state index in [0.717, 1.165) is 23.4 Å². The van der Waals surface area contributed by atoms with E-state index in [9.17, 15) is 4.79 Å². The standard InChI is InChI=1S/C16H20N2OS.ClH/c17-9-5-10-18(13-14-6-2-1-3-7-14)16(19)12-15-8-4-11-20-15;/h1-4,6-8,11H,5,9-10,12-13,17H2;1H. The highest BCUT2D eigenvalue weighted by Crippen LogP contribution is 2.13. The van der Waals surface area contributed by atoms with E-state index >= 15 is 0 Å². The average molecular weight is 325 g/mol. The van der Waals surface area contributed by atoms with Gasteiger partial charge in [-0.1, -0.05) is 36.4 Å². The van der Waals surface area contributed by atoms with Gasteiger partial charge in [-0.3, -0.25) is 4.79 Å². The molecule has 1 aromatic carbocycles. The van der Waals surface area contributed by atoms with Gasteiger partial charge in [-0.15, -0.1) is 23.7 Å². The lowest BCUT2D eigenvalue weighted by molar-refractivity contribution is -0.131. The lowest BCUT2D eigenvalue weighted by Crippen LogP contribution is -2.33. The van der Waals surface area contributed by atoms with Crippen LogP contribution in [-0.2, 0) is 17.8 Å². The van der Waals surface area contributed by atoms with E-state index in [1.165, 1.54) is 0 Å². The van der Waals surface area contributed by atoms with Crippen molar-refractivity contribution in [1.29, 1.82) is 0 Å². The van der Waals surface area contributed by atoms with Crippen molar-refractivity contribution in [2.24, 2.45) is 5.73 Å².